The molecule has 0 aliphatic carbocycles. The van der Waals surface area contributed by atoms with Gasteiger partial charge in [-0.15, -0.1) is 0 Å². The van der Waals surface area contributed by atoms with Crippen LogP contribution in [-0.2, 0) is 6.54 Å². The van der Waals surface area contributed by atoms with Crippen LogP contribution in [-0.4, -0.2) is 46.9 Å². The van der Waals surface area contributed by atoms with Gasteiger partial charge in [-0.05, 0) is 37.5 Å². The highest BCUT2D eigenvalue weighted by Gasteiger charge is 2.34. The summed E-state index contributed by atoms with van der Waals surface area (Å²) in [6.07, 6.45) is 0.615. The average molecular weight is 354 g/mol. The number of aromatic nitrogens is 1. The van der Waals surface area contributed by atoms with Crippen LogP contribution in [0.5, 0.6) is 5.75 Å². The summed E-state index contributed by atoms with van der Waals surface area (Å²) in [5, 5.41) is 10.4. The van der Waals surface area contributed by atoms with Gasteiger partial charge in [0.2, 0.25) is 0 Å². The molecule has 2 aliphatic rings. The molecule has 1 fully saturated rings. The molecule has 1 aromatic carbocycles. The Bertz CT molecular complexity index is 815. The first-order valence-corrected chi connectivity index (χ1v) is 9.38. The van der Waals surface area contributed by atoms with Crippen molar-refractivity contribution in [3.63, 3.8) is 0 Å². The summed E-state index contributed by atoms with van der Waals surface area (Å²) >= 11 is 0. The monoisotopic (exact) mass is 354 g/mol. The number of nitrogens with zero attached hydrogens (tertiary/aromatic N) is 2. The van der Waals surface area contributed by atoms with E-state index in [9.17, 15) is 9.90 Å². The number of rotatable bonds is 5. The topological polar surface area (TPSA) is 54.7 Å². The number of fused-ring (bicyclic) bond motifs is 4. The average Bonchev–Trinajstić information content (AvgIpc) is 2.62. The molecule has 0 saturated carbocycles. The molecule has 2 aliphatic heterocycles. The van der Waals surface area contributed by atoms with Crippen molar-refractivity contribution in [2.45, 2.75) is 31.9 Å². The molecular formula is C21H26N2O3. The lowest BCUT2D eigenvalue weighted by molar-refractivity contribution is 0.0384. The quantitative estimate of drug-likeness (QED) is 0.893. The molecule has 3 heterocycles. The van der Waals surface area contributed by atoms with Crippen LogP contribution in [0.2, 0.25) is 0 Å². The summed E-state index contributed by atoms with van der Waals surface area (Å²) in [6, 6.07) is 13.5. The van der Waals surface area contributed by atoms with Crippen molar-refractivity contribution in [2.75, 3.05) is 26.2 Å². The predicted octanol–water partition coefficient (Wildman–Crippen LogP) is 2.02. The molecule has 5 nitrogen and oxygen atoms in total. The van der Waals surface area contributed by atoms with Crippen molar-refractivity contribution < 1.29 is 9.84 Å². The van der Waals surface area contributed by atoms with E-state index < -0.39 is 6.10 Å². The molecule has 1 saturated heterocycles. The maximum atomic E-state index is 12.1. The lowest BCUT2D eigenvalue weighted by atomic mass is 9.83. The van der Waals surface area contributed by atoms with Crippen molar-refractivity contribution in [1.29, 1.82) is 0 Å². The van der Waals surface area contributed by atoms with Gasteiger partial charge >= 0.3 is 0 Å². The molecule has 4 rings (SSSR count). The Balaban J connectivity index is 1.35. The second-order valence-corrected chi connectivity index (χ2v) is 7.69. The predicted molar refractivity (Wildman–Crippen MR) is 101 cm³/mol. The molecule has 0 amide bonds. The highest BCUT2D eigenvalue weighted by Crippen LogP contribution is 2.34. The van der Waals surface area contributed by atoms with Gasteiger partial charge in [-0.3, -0.25) is 9.69 Å². The van der Waals surface area contributed by atoms with Crippen molar-refractivity contribution >= 4 is 0 Å². The van der Waals surface area contributed by atoms with E-state index in [0.717, 1.165) is 37.5 Å². The van der Waals surface area contributed by atoms with Crippen LogP contribution >= 0.6 is 0 Å². The van der Waals surface area contributed by atoms with Crippen LogP contribution in [0, 0.1) is 12.8 Å². The number of aliphatic hydroxyl groups is 1. The first kappa shape index (κ1) is 17.3. The maximum Gasteiger partial charge on any atom is 0.250 e. The number of aryl methyl sites for hydroxylation is 1. The first-order chi connectivity index (χ1) is 12.6. The molecule has 1 aromatic heterocycles. The standard InChI is InChI=1S/C21H26N2O3/c1-15-5-7-19(8-6-15)26-14-18(24)13-22-10-16-9-17(12-22)20-3-2-4-21(25)23(20)11-16/h2-8,16-18,24H,9-14H2,1H3/t16-,17-,18?/m1/s1. The van der Waals surface area contributed by atoms with Crippen LogP contribution in [0.25, 0.3) is 0 Å². The molecule has 2 bridgehead atoms. The van der Waals surface area contributed by atoms with Crippen LogP contribution in [0.4, 0.5) is 0 Å². The molecule has 1 N–H and O–H groups in total. The number of benzene rings is 1. The zero-order chi connectivity index (χ0) is 18.1. The van der Waals surface area contributed by atoms with Gasteiger partial charge in [0.1, 0.15) is 18.5 Å². The minimum atomic E-state index is -0.520. The summed E-state index contributed by atoms with van der Waals surface area (Å²) in [5.74, 6) is 1.65. The third-order valence-electron chi connectivity index (χ3n) is 5.49. The number of likely N-dealkylation sites (tertiary alicyclic amines) is 1. The second-order valence-electron chi connectivity index (χ2n) is 7.69. The van der Waals surface area contributed by atoms with Gasteiger partial charge in [0.05, 0.1) is 0 Å². The Labute approximate surface area is 153 Å². The SMILES string of the molecule is Cc1ccc(OCC(O)CN2C[C@H]3C[C@H](C2)c2cccc(=O)n2C3)cc1. The molecule has 0 radical (unpaired) electrons. The summed E-state index contributed by atoms with van der Waals surface area (Å²) in [5.41, 5.74) is 2.44. The highest BCUT2D eigenvalue weighted by molar-refractivity contribution is 5.26. The summed E-state index contributed by atoms with van der Waals surface area (Å²) < 4.78 is 7.65. The molecule has 138 valence electrons. The van der Waals surface area contributed by atoms with E-state index >= 15 is 0 Å². The van der Waals surface area contributed by atoms with Gasteiger partial charge in [0, 0.05) is 43.9 Å². The number of β-amino-alcohol motifs (C(OH)–C–C–N with tert-alkyl or cyclic N) is 1. The Kier molecular flexibility index (Phi) is 4.83. The van der Waals surface area contributed by atoms with Crippen molar-refractivity contribution in [3.8, 4) is 5.75 Å². The van der Waals surface area contributed by atoms with Gasteiger partial charge in [0.25, 0.3) is 5.56 Å². The number of hydrogen-bond acceptors (Lipinski definition) is 4. The van der Waals surface area contributed by atoms with Crippen LogP contribution in [0.3, 0.4) is 0 Å². The Morgan fingerprint density at radius 1 is 1.15 bits per heavy atom. The second kappa shape index (κ2) is 7.25. The fourth-order valence-electron chi connectivity index (χ4n) is 4.32. The van der Waals surface area contributed by atoms with Crippen molar-refractivity contribution in [1.82, 2.24) is 9.47 Å². The van der Waals surface area contributed by atoms with E-state index in [-0.39, 0.29) is 5.56 Å². The van der Waals surface area contributed by atoms with E-state index in [1.807, 2.05) is 41.8 Å². The molecular weight excluding hydrogens is 328 g/mol. The van der Waals surface area contributed by atoms with E-state index in [1.54, 1.807) is 6.07 Å². The van der Waals surface area contributed by atoms with E-state index in [1.165, 1.54) is 5.56 Å². The molecule has 3 atom stereocenters. The fourth-order valence-corrected chi connectivity index (χ4v) is 4.32. The van der Waals surface area contributed by atoms with Gasteiger partial charge in [-0.1, -0.05) is 23.8 Å². The normalized spacial score (nSPS) is 23.3. The minimum absolute atomic E-state index is 0.109. The maximum absolute atomic E-state index is 12.1. The largest absolute Gasteiger partial charge is 0.491 e. The van der Waals surface area contributed by atoms with Crippen LogP contribution in [0.15, 0.2) is 47.3 Å². The molecule has 0 spiro atoms. The lowest BCUT2D eigenvalue weighted by Gasteiger charge is -2.43. The van der Waals surface area contributed by atoms with Gasteiger partial charge in [-0.25, -0.2) is 0 Å². The number of pyridine rings is 1. The minimum Gasteiger partial charge on any atom is -0.491 e. The first-order valence-electron chi connectivity index (χ1n) is 9.38. The zero-order valence-corrected chi connectivity index (χ0v) is 15.2. The third kappa shape index (κ3) is 3.69. The smallest absolute Gasteiger partial charge is 0.250 e. The van der Waals surface area contributed by atoms with E-state index in [2.05, 4.69) is 11.0 Å². The summed E-state index contributed by atoms with van der Waals surface area (Å²) in [4.78, 5) is 14.4. The van der Waals surface area contributed by atoms with E-state index in [4.69, 9.17) is 4.74 Å². The van der Waals surface area contributed by atoms with Crippen molar-refractivity contribution in [3.05, 3.63) is 64.1 Å². The van der Waals surface area contributed by atoms with Crippen molar-refractivity contribution in [2.24, 2.45) is 5.92 Å². The molecule has 26 heavy (non-hydrogen) atoms. The van der Waals surface area contributed by atoms with Gasteiger partial charge in [0.15, 0.2) is 0 Å². The van der Waals surface area contributed by atoms with Crippen LogP contribution in [0.1, 0.15) is 23.6 Å². The van der Waals surface area contributed by atoms with Gasteiger partial charge in [-0.2, -0.15) is 0 Å². The van der Waals surface area contributed by atoms with Gasteiger partial charge < -0.3 is 14.4 Å². The summed E-state index contributed by atoms with van der Waals surface area (Å²) in [7, 11) is 0. The lowest BCUT2D eigenvalue weighted by Crippen LogP contribution is -2.49. The number of piperidine rings is 1. The molecule has 1 unspecified atom stereocenters. The van der Waals surface area contributed by atoms with E-state index in [0.29, 0.717) is 25.0 Å². The Morgan fingerprint density at radius 3 is 2.77 bits per heavy atom. The summed E-state index contributed by atoms with van der Waals surface area (Å²) in [6.45, 7) is 5.55. The third-order valence-corrected chi connectivity index (χ3v) is 5.49. The molecule has 5 heteroatoms. The fraction of sp³-hybridized carbons (Fsp3) is 0.476. The number of ether oxygens (including phenoxy) is 1. The Morgan fingerprint density at radius 2 is 1.96 bits per heavy atom. The molecule has 2 aromatic rings. The number of hydrogen-bond donors (Lipinski definition) is 1. The Hall–Kier alpha value is -2.11. The highest BCUT2D eigenvalue weighted by atomic mass is 16.5. The zero-order valence-electron chi connectivity index (χ0n) is 15.2. The number of aliphatic hydroxyl groups excluding tert-OH is 1. The van der Waals surface area contributed by atoms with Crippen LogP contribution < -0.4 is 10.3 Å².